The van der Waals surface area contributed by atoms with E-state index in [0.717, 1.165) is 25.1 Å². The molecular weight excluding hydrogens is 178 g/mol. The Kier molecular flexibility index (Phi) is 3.66. The highest BCUT2D eigenvalue weighted by molar-refractivity contribution is 4.97. The highest BCUT2D eigenvalue weighted by atomic mass is 16.3. The lowest BCUT2D eigenvalue weighted by atomic mass is 10.1. The summed E-state index contributed by atoms with van der Waals surface area (Å²) in [7, 11) is 0. The molecule has 4 heteroatoms. The summed E-state index contributed by atoms with van der Waals surface area (Å²) >= 11 is 0. The van der Waals surface area contributed by atoms with Gasteiger partial charge in [-0.25, -0.2) is 4.98 Å². The molecule has 0 aliphatic rings. The van der Waals surface area contributed by atoms with E-state index in [0.29, 0.717) is 6.54 Å². The van der Waals surface area contributed by atoms with Crippen LogP contribution in [-0.4, -0.2) is 26.8 Å². The zero-order valence-corrected chi connectivity index (χ0v) is 8.90. The summed E-state index contributed by atoms with van der Waals surface area (Å²) < 4.78 is 1.99. The molecule has 0 atom stereocenters. The third-order valence-electron chi connectivity index (χ3n) is 2.07. The van der Waals surface area contributed by atoms with Crippen LogP contribution in [0.5, 0.6) is 0 Å². The van der Waals surface area contributed by atoms with Crippen LogP contribution in [-0.2, 0) is 13.0 Å². The van der Waals surface area contributed by atoms with Crippen LogP contribution in [0.1, 0.15) is 26.0 Å². The summed E-state index contributed by atoms with van der Waals surface area (Å²) in [5.41, 5.74) is 5.83. The molecule has 1 aromatic heterocycles. The molecule has 1 aromatic rings. The highest BCUT2D eigenvalue weighted by Gasteiger charge is 2.11. The quantitative estimate of drug-likeness (QED) is 0.724. The number of hydrogen-bond acceptors (Lipinski definition) is 3. The van der Waals surface area contributed by atoms with Crippen LogP contribution >= 0.6 is 0 Å². The minimum absolute atomic E-state index is 0.613. The van der Waals surface area contributed by atoms with Crippen molar-refractivity contribution in [1.82, 2.24) is 9.55 Å². The highest BCUT2D eigenvalue weighted by Crippen LogP contribution is 2.09. The van der Waals surface area contributed by atoms with Crippen molar-refractivity contribution in [2.24, 2.45) is 5.73 Å². The molecule has 0 fully saturated rings. The SMILES string of the molecule is CC(C)(O)CCn1cnc(CCN)c1. The van der Waals surface area contributed by atoms with Crippen LogP contribution in [0.25, 0.3) is 0 Å². The smallest absolute Gasteiger partial charge is 0.0949 e. The van der Waals surface area contributed by atoms with Gasteiger partial charge in [0.15, 0.2) is 0 Å². The van der Waals surface area contributed by atoms with Crippen LogP contribution < -0.4 is 5.73 Å². The first-order valence-electron chi connectivity index (χ1n) is 4.94. The minimum Gasteiger partial charge on any atom is -0.390 e. The molecule has 0 saturated heterocycles. The second-order valence-corrected chi connectivity index (χ2v) is 4.20. The second kappa shape index (κ2) is 4.57. The Morgan fingerprint density at radius 1 is 1.57 bits per heavy atom. The number of aryl methyl sites for hydroxylation is 1. The fourth-order valence-electron chi connectivity index (χ4n) is 1.21. The van der Waals surface area contributed by atoms with Crippen molar-refractivity contribution < 1.29 is 5.11 Å². The fraction of sp³-hybridized carbons (Fsp3) is 0.700. The van der Waals surface area contributed by atoms with Gasteiger partial charge in [-0.15, -0.1) is 0 Å². The molecule has 1 rings (SSSR count). The van der Waals surface area contributed by atoms with Gasteiger partial charge < -0.3 is 15.4 Å². The maximum Gasteiger partial charge on any atom is 0.0949 e. The first kappa shape index (κ1) is 11.2. The Morgan fingerprint density at radius 2 is 2.29 bits per heavy atom. The average Bonchev–Trinajstić information content (AvgIpc) is 2.49. The van der Waals surface area contributed by atoms with Gasteiger partial charge in [0.05, 0.1) is 17.6 Å². The Morgan fingerprint density at radius 3 is 2.86 bits per heavy atom. The number of aliphatic hydroxyl groups is 1. The van der Waals surface area contributed by atoms with Gasteiger partial charge in [0, 0.05) is 19.2 Å². The number of hydrogen-bond donors (Lipinski definition) is 2. The number of imidazole rings is 1. The van der Waals surface area contributed by atoms with E-state index in [1.54, 1.807) is 6.33 Å². The zero-order valence-electron chi connectivity index (χ0n) is 8.90. The van der Waals surface area contributed by atoms with E-state index < -0.39 is 5.60 Å². The molecule has 0 saturated carbocycles. The van der Waals surface area contributed by atoms with Crippen molar-refractivity contribution >= 4 is 0 Å². The van der Waals surface area contributed by atoms with Gasteiger partial charge >= 0.3 is 0 Å². The molecular formula is C10H19N3O. The van der Waals surface area contributed by atoms with Crippen molar-refractivity contribution in [2.75, 3.05) is 6.54 Å². The van der Waals surface area contributed by atoms with Crippen LogP contribution in [0.3, 0.4) is 0 Å². The van der Waals surface area contributed by atoms with Crippen molar-refractivity contribution in [3.8, 4) is 0 Å². The van der Waals surface area contributed by atoms with Gasteiger partial charge in [-0.1, -0.05) is 0 Å². The third kappa shape index (κ3) is 3.89. The van der Waals surface area contributed by atoms with E-state index >= 15 is 0 Å². The van der Waals surface area contributed by atoms with E-state index in [1.165, 1.54) is 0 Å². The summed E-state index contributed by atoms with van der Waals surface area (Å²) in [6.45, 7) is 5.04. The Bertz CT molecular complexity index is 275. The van der Waals surface area contributed by atoms with E-state index in [-0.39, 0.29) is 0 Å². The molecule has 0 unspecified atom stereocenters. The van der Waals surface area contributed by atoms with Gasteiger partial charge in [-0.3, -0.25) is 0 Å². The molecule has 4 nitrogen and oxygen atoms in total. The van der Waals surface area contributed by atoms with Crippen molar-refractivity contribution in [2.45, 2.75) is 38.8 Å². The topological polar surface area (TPSA) is 64.1 Å². The summed E-state index contributed by atoms with van der Waals surface area (Å²) in [5.74, 6) is 0. The third-order valence-corrected chi connectivity index (χ3v) is 2.07. The van der Waals surface area contributed by atoms with Gasteiger partial charge in [0.25, 0.3) is 0 Å². The van der Waals surface area contributed by atoms with Crippen molar-refractivity contribution in [3.05, 3.63) is 18.2 Å². The monoisotopic (exact) mass is 197 g/mol. The summed E-state index contributed by atoms with van der Waals surface area (Å²) in [5, 5.41) is 9.54. The Hall–Kier alpha value is -0.870. The predicted octanol–water partition coefficient (Wildman–Crippen LogP) is 0.545. The van der Waals surface area contributed by atoms with E-state index in [9.17, 15) is 5.11 Å². The standard InChI is InChI=1S/C10H19N3O/c1-10(2,14)4-6-13-7-9(3-5-11)12-8-13/h7-8,14H,3-6,11H2,1-2H3. The first-order valence-corrected chi connectivity index (χ1v) is 4.94. The average molecular weight is 197 g/mol. The molecule has 0 aliphatic carbocycles. The number of aromatic nitrogens is 2. The Labute approximate surface area is 84.8 Å². The van der Waals surface area contributed by atoms with E-state index in [1.807, 2.05) is 24.6 Å². The zero-order chi connectivity index (χ0) is 10.6. The molecule has 3 N–H and O–H groups in total. The summed E-state index contributed by atoms with van der Waals surface area (Å²) in [4.78, 5) is 4.21. The second-order valence-electron chi connectivity index (χ2n) is 4.20. The van der Waals surface area contributed by atoms with E-state index in [2.05, 4.69) is 4.98 Å². The van der Waals surface area contributed by atoms with Gasteiger partial charge in [0.1, 0.15) is 0 Å². The molecule has 1 heterocycles. The molecule has 80 valence electrons. The largest absolute Gasteiger partial charge is 0.390 e. The van der Waals surface area contributed by atoms with Crippen molar-refractivity contribution in [1.29, 1.82) is 0 Å². The fourth-order valence-corrected chi connectivity index (χ4v) is 1.21. The maximum atomic E-state index is 9.54. The van der Waals surface area contributed by atoms with Gasteiger partial charge in [-0.05, 0) is 26.8 Å². The molecule has 0 radical (unpaired) electrons. The lowest BCUT2D eigenvalue weighted by molar-refractivity contribution is 0.0662. The molecule has 0 aliphatic heterocycles. The predicted molar refractivity (Wildman–Crippen MR) is 55.9 cm³/mol. The van der Waals surface area contributed by atoms with Gasteiger partial charge in [-0.2, -0.15) is 0 Å². The Balaban J connectivity index is 2.44. The van der Waals surface area contributed by atoms with Crippen LogP contribution in [0.4, 0.5) is 0 Å². The number of nitrogens with zero attached hydrogens (tertiary/aromatic N) is 2. The van der Waals surface area contributed by atoms with Crippen LogP contribution in [0, 0.1) is 0 Å². The maximum absolute atomic E-state index is 9.54. The lowest BCUT2D eigenvalue weighted by Gasteiger charge is -2.16. The number of rotatable bonds is 5. The molecule has 0 amide bonds. The molecule has 0 spiro atoms. The summed E-state index contributed by atoms with van der Waals surface area (Å²) in [6, 6.07) is 0. The minimum atomic E-state index is -0.613. The summed E-state index contributed by atoms with van der Waals surface area (Å²) in [6.07, 6.45) is 5.32. The van der Waals surface area contributed by atoms with E-state index in [4.69, 9.17) is 5.73 Å². The molecule has 0 bridgehead atoms. The van der Waals surface area contributed by atoms with Crippen molar-refractivity contribution in [3.63, 3.8) is 0 Å². The normalized spacial score (nSPS) is 12.0. The lowest BCUT2D eigenvalue weighted by Crippen LogP contribution is -2.20. The van der Waals surface area contributed by atoms with Gasteiger partial charge in [0.2, 0.25) is 0 Å². The van der Waals surface area contributed by atoms with Crippen LogP contribution in [0.15, 0.2) is 12.5 Å². The first-order chi connectivity index (χ1) is 6.51. The number of nitrogens with two attached hydrogens (primary N) is 1. The molecule has 14 heavy (non-hydrogen) atoms. The van der Waals surface area contributed by atoms with Crippen LogP contribution in [0.2, 0.25) is 0 Å². The molecule has 0 aromatic carbocycles.